The number of halogens is 2. The zero-order chi connectivity index (χ0) is 25.1. The van der Waals surface area contributed by atoms with E-state index in [-0.39, 0.29) is 12.2 Å². The van der Waals surface area contributed by atoms with Crippen LogP contribution in [-0.4, -0.2) is 17.8 Å². The molecule has 1 saturated heterocycles. The first-order valence-electron chi connectivity index (χ1n) is 10.4. The molecule has 0 aromatic heterocycles. The fourth-order valence-electron chi connectivity index (χ4n) is 3.46. The number of urea groups is 1. The summed E-state index contributed by atoms with van der Waals surface area (Å²) in [6, 6.07) is 18.8. The maximum atomic E-state index is 13.1. The van der Waals surface area contributed by atoms with Gasteiger partial charge in [-0.05, 0) is 83.1 Å². The molecular formula is C26H17BrIN3O4. The van der Waals surface area contributed by atoms with Crippen molar-refractivity contribution in [2.45, 2.75) is 13.5 Å². The van der Waals surface area contributed by atoms with E-state index >= 15 is 0 Å². The lowest BCUT2D eigenvalue weighted by Gasteiger charge is -2.26. The summed E-state index contributed by atoms with van der Waals surface area (Å²) >= 11 is 5.50. The molecule has 0 aliphatic carbocycles. The molecule has 0 atom stereocenters. The Morgan fingerprint density at radius 3 is 2.60 bits per heavy atom. The van der Waals surface area contributed by atoms with Crippen molar-refractivity contribution in [1.29, 1.82) is 5.26 Å². The van der Waals surface area contributed by atoms with E-state index in [9.17, 15) is 19.6 Å². The van der Waals surface area contributed by atoms with Crippen LogP contribution in [0.25, 0.3) is 6.08 Å². The highest BCUT2D eigenvalue weighted by Gasteiger charge is 2.36. The summed E-state index contributed by atoms with van der Waals surface area (Å²) < 4.78 is 7.47. The molecule has 4 rings (SSSR count). The average Bonchev–Trinajstić information content (AvgIpc) is 2.83. The van der Waals surface area contributed by atoms with Crippen molar-refractivity contribution in [3.63, 3.8) is 0 Å². The van der Waals surface area contributed by atoms with Gasteiger partial charge in [0.25, 0.3) is 11.8 Å². The van der Waals surface area contributed by atoms with Gasteiger partial charge in [-0.25, -0.2) is 9.69 Å². The predicted octanol–water partition coefficient (Wildman–Crippen LogP) is 5.48. The number of nitrogens with zero attached hydrogens (tertiary/aromatic N) is 2. The van der Waals surface area contributed by atoms with Gasteiger partial charge < -0.3 is 4.74 Å². The van der Waals surface area contributed by atoms with Crippen LogP contribution in [0.15, 0.2) is 70.7 Å². The molecular weight excluding hydrogens is 625 g/mol. The Morgan fingerprint density at radius 2 is 1.89 bits per heavy atom. The number of imide groups is 2. The molecule has 1 fully saturated rings. The van der Waals surface area contributed by atoms with Crippen molar-refractivity contribution >= 4 is 68.1 Å². The van der Waals surface area contributed by atoms with Gasteiger partial charge in [0.15, 0.2) is 0 Å². The van der Waals surface area contributed by atoms with Crippen molar-refractivity contribution in [1.82, 2.24) is 5.32 Å². The highest BCUT2D eigenvalue weighted by Crippen LogP contribution is 2.28. The van der Waals surface area contributed by atoms with Gasteiger partial charge in [-0.15, -0.1) is 0 Å². The first-order valence-corrected chi connectivity index (χ1v) is 12.2. The van der Waals surface area contributed by atoms with Crippen LogP contribution in [0.1, 0.15) is 22.3 Å². The van der Waals surface area contributed by atoms with Crippen molar-refractivity contribution in [3.05, 3.63) is 96.5 Å². The minimum atomic E-state index is -0.796. The number of ether oxygens (including phenoxy) is 1. The van der Waals surface area contributed by atoms with E-state index in [0.717, 1.165) is 24.1 Å². The lowest BCUT2D eigenvalue weighted by molar-refractivity contribution is -0.122. The lowest BCUT2D eigenvalue weighted by Crippen LogP contribution is -2.54. The molecule has 0 radical (unpaired) electrons. The van der Waals surface area contributed by atoms with Crippen LogP contribution in [0.3, 0.4) is 0 Å². The van der Waals surface area contributed by atoms with Crippen molar-refractivity contribution in [3.8, 4) is 11.8 Å². The van der Waals surface area contributed by atoms with E-state index in [1.54, 1.807) is 48.5 Å². The Morgan fingerprint density at radius 1 is 1.11 bits per heavy atom. The highest BCUT2D eigenvalue weighted by molar-refractivity contribution is 14.1. The smallest absolute Gasteiger partial charge is 0.335 e. The SMILES string of the molecule is Cc1cc(N2C(=O)NC(=O)/C(=C\c3ccc(OCc4ccccc4C#N)c(I)c3)C2=O)ccc1Br. The maximum absolute atomic E-state index is 13.1. The molecule has 0 spiro atoms. The fourth-order valence-corrected chi connectivity index (χ4v) is 4.40. The van der Waals surface area contributed by atoms with Crippen LogP contribution < -0.4 is 15.0 Å². The van der Waals surface area contributed by atoms with Crippen molar-refractivity contribution in [2.24, 2.45) is 0 Å². The number of carbonyl (C=O) groups is 3. The number of carbonyl (C=O) groups excluding carboxylic acids is 3. The molecule has 1 aliphatic heterocycles. The van der Waals surface area contributed by atoms with Gasteiger partial charge in [0.2, 0.25) is 0 Å². The third-order valence-corrected chi connectivity index (χ3v) is 7.02. The van der Waals surface area contributed by atoms with Crippen molar-refractivity contribution < 1.29 is 19.1 Å². The molecule has 1 aliphatic rings. The number of hydrogen-bond acceptors (Lipinski definition) is 5. The molecule has 0 unspecified atom stereocenters. The number of rotatable bonds is 5. The number of aryl methyl sites for hydroxylation is 1. The monoisotopic (exact) mass is 641 g/mol. The second kappa shape index (κ2) is 10.4. The number of amides is 4. The summed E-state index contributed by atoms with van der Waals surface area (Å²) in [4.78, 5) is 39.0. The average molecular weight is 642 g/mol. The van der Waals surface area contributed by atoms with E-state index in [1.807, 2.05) is 19.1 Å². The summed E-state index contributed by atoms with van der Waals surface area (Å²) in [6.07, 6.45) is 1.44. The summed E-state index contributed by atoms with van der Waals surface area (Å²) in [5, 5.41) is 11.5. The zero-order valence-corrected chi connectivity index (χ0v) is 22.1. The van der Waals surface area contributed by atoms with Gasteiger partial charge in [0.05, 0.1) is 20.9 Å². The number of nitrogens with one attached hydrogen (secondary N) is 1. The third-order valence-electron chi connectivity index (χ3n) is 5.29. The number of anilines is 1. The van der Waals surface area contributed by atoms with Crippen LogP contribution in [0.2, 0.25) is 0 Å². The molecule has 9 heteroatoms. The second-order valence-corrected chi connectivity index (χ2v) is 9.66. The second-order valence-electron chi connectivity index (χ2n) is 7.64. The Hall–Kier alpha value is -3.49. The van der Waals surface area contributed by atoms with Gasteiger partial charge >= 0.3 is 6.03 Å². The van der Waals surface area contributed by atoms with Gasteiger partial charge in [-0.1, -0.05) is 40.2 Å². The largest absolute Gasteiger partial charge is 0.488 e. The summed E-state index contributed by atoms with van der Waals surface area (Å²) in [5.74, 6) is -0.862. The van der Waals surface area contributed by atoms with Gasteiger partial charge in [0.1, 0.15) is 17.9 Å². The molecule has 3 aromatic carbocycles. The minimum absolute atomic E-state index is 0.155. The number of benzene rings is 3. The van der Waals surface area contributed by atoms with Gasteiger partial charge in [0, 0.05) is 10.0 Å². The van der Waals surface area contributed by atoms with E-state index in [1.165, 1.54) is 6.08 Å². The van der Waals surface area contributed by atoms with Gasteiger partial charge in [-0.3, -0.25) is 14.9 Å². The molecule has 0 bridgehead atoms. The summed E-state index contributed by atoms with van der Waals surface area (Å²) in [6.45, 7) is 2.07. The quantitative estimate of drug-likeness (QED) is 0.226. The molecule has 4 amide bonds. The standard InChI is InChI=1S/C26H17BrIN3O4/c1-15-10-19(7-8-21(15)27)31-25(33)20(24(32)30-26(31)34)11-16-6-9-23(22(28)12-16)35-14-18-5-3-2-4-17(18)13-29/h2-12H,14H2,1H3,(H,30,32,34)/b20-11+. The van der Waals surface area contributed by atoms with Crippen LogP contribution in [0, 0.1) is 21.8 Å². The fraction of sp³-hybridized carbons (Fsp3) is 0.0769. The summed E-state index contributed by atoms with van der Waals surface area (Å²) in [7, 11) is 0. The van der Waals surface area contributed by atoms with E-state index in [4.69, 9.17) is 4.74 Å². The van der Waals surface area contributed by atoms with E-state index in [2.05, 4.69) is 49.9 Å². The Labute approximate surface area is 223 Å². The zero-order valence-electron chi connectivity index (χ0n) is 18.3. The first-order chi connectivity index (χ1) is 16.8. The van der Waals surface area contributed by atoms with E-state index in [0.29, 0.717) is 22.6 Å². The molecule has 174 valence electrons. The topological polar surface area (TPSA) is 99.5 Å². The van der Waals surface area contributed by atoms with Crippen LogP contribution >= 0.6 is 38.5 Å². The molecule has 1 heterocycles. The molecule has 0 saturated carbocycles. The number of barbiturate groups is 1. The minimum Gasteiger partial charge on any atom is -0.488 e. The number of nitriles is 1. The predicted molar refractivity (Wildman–Crippen MR) is 143 cm³/mol. The Kier molecular flexibility index (Phi) is 7.33. The molecule has 7 nitrogen and oxygen atoms in total. The van der Waals surface area contributed by atoms with Crippen LogP contribution in [-0.2, 0) is 16.2 Å². The Bertz CT molecular complexity index is 1440. The van der Waals surface area contributed by atoms with Crippen LogP contribution in [0.5, 0.6) is 5.75 Å². The number of hydrogen-bond donors (Lipinski definition) is 1. The normalized spacial score (nSPS) is 14.6. The molecule has 3 aromatic rings. The third kappa shape index (κ3) is 5.28. The maximum Gasteiger partial charge on any atom is 0.335 e. The molecule has 1 N–H and O–H groups in total. The van der Waals surface area contributed by atoms with Gasteiger partial charge in [-0.2, -0.15) is 5.26 Å². The highest BCUT2D eigenvalue weighted by atomic mass is 127. The first kappa shape index (κ1) is 24.6. The summed E-state index contributed by atoms with van der Waals surface area (Å²) in [5.41, 5.74) is 2.97. The van der Waals surface area contributed by atoms with E-state index < -0.39 is 17.8 Å². The lowest BCUT2D eigenvalue weighted by atomic mass is 10.1. The Balaban J connectivity index is 1.58. The van der Waals surface area contributed by atoms with Crippen LogP contribution in [0.4, 0.5) is 10.5 Å². The van der Waals surface area contributed by atoms with Crippen molar-refractivity contribution in [2.75, 3.05) is 4.90 Å². The molecule has 35 heavy (non-hydrogen) atoms.